The van der Waals surface area contributed by atoms with Gasteiger partial charge in [0.1, 0.15) is 6.61 Å². The van der Waals surface area contributed by atoms with E-state index >= 15 is 0 Å². The molecular weight excluding hydrogens is 476 g/mol. The van der Waals surface area contributed by atoms with Gasteiger partial charge >= 0.3 is 11.9 Å². The summed E-state index contributed by atoms with van der Waals surface area (Å²) in [4.78, 5) is 24.0. The number of hydrogen-bond donors (Lipinski definition) is 1. The number of aliphatic hydroxyl groups excluding tert-OH is 1. The minimum absolute atomic E-state index is 0.0595. The fraction of sp³-hybridized carbons (Fsp3) is 0.939. The summed E-state index contributed by atoms with van der Waals surface area (Å²) in [5.74, 6) is 0.223. The zero-order valence-electron chi connectivity index (χ0n) is 25.6. The lowest BCUT2D eigenvalue weighted by atomic mass is 10.0. The molecule has 0 aliphatic carbocycles. The van der Waals surface area contributed by atoms with Crippen LogP contribution in [0.25, 0.3) is 0 Å². The summed E-state index contributed by atoms with van der Waals surface area (Å²) >= 11 is 0. The van der Waals surface area contributed by atoms with Crippen LogP contribution >= 0.6 is 0 Å². The monoisotopic (exact) mass is 540 g/mol. The van der Waals surface area contributed by atoms with Crippen molar-refractivity contribution in [1.29, 1.82) is 0 Å². The molecule has 0 rings (SSSR count). The number of carbonyl (C=O) groups is 2. The lowest BCUT2D eigenvalue weighted by Gasteiger charge is -2.15. The maximum absolute atomic E-state index is 12.1. The standard InChI is InChI=1S/C33H64O5/c1-4-5-6-7-8-9-10-11-12-13-18-21-24-27-33(36)38-31(28-34)29-37-32(35)26-23-20-17-15-14-16-19-22-25-30(2)3/h30-31,34H,4-29H2,1-3H3/t31-/m0/s1. The molecule has 0 aromatic rings. The molecule has 0 spiro atoms. The first-order chi connectivity index (χ1) is 18.5. The molecule has 1 atom stereocenters. The summed E-state index contributed by atoms with van der Waals surface area (Å²) in [6, 6.07) is 0. The predicted molar refractivity (Wildman–Crippen MR) is 159 cm³/mol. The summed E-state index contributed by atoms with van der Waals surface area (Å²) in [5, 5.41) is 9.48. The smallest absolute Gasteiger partial charge is 0.306 e. The Kier molecular flexibility index (Phi) is 28.1. The molecule has 0 unspecified atom stereocenters. The molecule has 0 bridgehead atoms. The summed E-state index contributed by atoms with van der Waals surface area (Å²) in [7, 11) is 0. The van der Waals surface area contributed by atoms with Gasteiger partial charge in [-0.2, -0.15) is 0 Å². The van der Waals surface area contributed by atoms with Crippen molar-refractivity contribution < 1.29 is 24.2 Å². The third-order valence-corrected chi connectivity index (χ3v) is 7.33. The van der Waals surface area contributed by atoms with Crippen molar-refractivity contribution in [1.82, 2.24) is 0 Å². The van der Waals surface area contributed by atoms with E-state index in [4.69, 9.17) is 9.47 Å². The minimum atomic E-state index is -0.760. The average Bonchev–Trinajstić information content (AvgIpc) is 2.90. The van der Waals surface area contributed by atoms with Crippen LogP contribution < -0.4 is 0 Å². The SMILES string of the molecule is CCCCCCCCCCCCCCCC(=O)O[C@@H](CO)COC(=O)CCCCCCCCCCC(C)C. The van der Waals surface area contributed by atoms with Crippen LogP contribution in [-0.4, -0.2) is 36.4 Å². The third-order valence-electron chi connectivity index (χ3n) is 7.33. The topological polar surface area (TPSA) is 72.8 Å². The first kappa shape index (κ1) is 36.9. The average molecular weight is 541 g/mol. The van der Waals surface area contributed by atoms with Crippen molar-refractivity contribution >= 4 is 11.9 Å². The normalized spacial score (nSPS) is 12.1. The van der Waals surface area contributed by atoms with Crippen LogP contribution in [0.4, 0.5) is 0 Å². The maximum atomic E-state index is 12.1. The second kappa shape index (κ2) is 28.9. The number of hydrogen-bond acceptors (Lipinski definition) is 5. The molecule has 0 saturated heterocycles. The Bertz CT molecular complexity index is 520. The van der Waals surface area contributed by atoms with E-state index in [1.807, 2.05) is 0 Å². The van der Waals surface area contributed by atoms with Crippen LogP contribution in [0.15, 0.2) is 0 Å². The molecule has 0 heterocycles. The van der Waals surface area contributed by atoms with Gasteiger partial charge < -0.3 is 14.6 Å². The van der Waals surface area contributed by atoms with Gasteiger partial charge in [-0.3, -0.25) is 9.59 Å². The molecule has 0 aliphatic rings. The summed E-state index contributed by atoms with van der Waals surface area (Å²) in [6.07, 6.45) is 27.3. The van der Waals surface area contributed by atoms with Gasteiger partial charge in [0.15, 0.2) is 6.10 Å². The number of carbonyl (C=O) groups excluding carboxylic acids is 2. The summed E-state index contributed by atoms with van der Waals surface area (Å²) < 4.78 is 10.5. The number of aliphatic hydroxyl groups is 1. The van der Waals surface area contributed by atoms with Crippen LogP contribution in [0.1, 0.15) is 175 Å². The number of esters is 2. The predicted octanol–water partition coefficient (Wildman–Crippen LogP) is 9.47. The molecule has 0 radical (unpaired) electrons. The highest BCUT2D eigenvalue weighted by Gasteiger charge is 2.16. The van der Waals surface area contributed by atoms with Crippen LogP contribution in [0.3, 0.4) is 0 Å². The lowest BCUT2D eigenvalue weighted by Crippen LogP contribution is -2.28. The number of unbranched alkanes of at least 4 members (excludes halogenated alkanes) is 19. The van der Waals surface area contributed by atoms with Crippen LogP contribution in [-0.2, 0) is 19.1 Å². The minimum Gasteiger partial charge on any atom is -0.462 e. The van der Waals surface area contributed by atoms with E-state index in [2.05, 4.69) is 20.8 Å². The van der Waals surface area contributed by atoms with Crippen molar-refractivity contribution in [2.24, 2.45) is 5.92 Å². The Morgan fingerprint density at radius 3 is 1.39 bits per heavy atom. The number of ether oxygens (including phenoxy) is 2. The van der Waals surface area contributed by atoms with Gasteiger partial charge in [0.25, 0.3) is 0 Å². The van der Waals surface area contributed by atoms with Crippen LogP contribution in [0.5, 0.6) is 0 Å². The molecule has 0 aromatic carbocycles. The van der Waals surface area contributed by atoms with Gasteiger partial charge in [-0.1, -0.05) is 149 Å². The molecule has 38 heavy (non-hydrogen) atoms. The van der Waals surface area contributed by atoms with Crippen LogP contribution in [0, 0.1) is 5.92 Å². The van der Waals surface area contributed by atoms with Crippen molar-refractivity contribution in [3.8, 4) is 0 Å². The first-order valence-corrected chi connectivity index (χ1v) is 16.5. The maximum Gasteiger partial charge on any atom is 0.306 e. The fourth-order valence-corrected chi connectivity index (χ4v) is 4.80. The van der Waals surface area contributed by atoms with Gasteiger partial charge in [-0.05, 0) is 18.8 Å². The lowest BCUT2D eigenvalue weighted by molar-refractivity contribution is -0.161. The number of rotatable bonds is 29. The Labute approximate surface area is 236 Å². The molecule has 0 aromatic heterocycles. The Hall–Kier alpha value is -1.10. The van der Waals surface area contributed by atoms with Crippen LogP contribution in [0.2, 0.25) is 0 Å². The highest BCUT2D eigenvalue weighted by molar-refractivity contribution is 5.70. The van der Waals surface area contributed by atoms with E-state index in [9.17, 15) is 14.7 Å². The van der Waals surface area contributed by atoms with Crippen molar-refractivity contribution in [2.75, 3.05) is 13.2 Å². The fourth-order valence-electron chi connectivity index (χ4n) is 4.80. The third kappa shape index (κ3) is 27.9. The van der Waals surface area contributed by atoms with Gasteiger partial charge in [-0.25, -0.2) is 0 Å². The molecule has 0 fully saturated rings. The van der Waals surface area contributed by atoms with Crippen molar-refractivity contribution in [2.45, 2.75) is 181 Å². The second-order valence-corrected chi connectivity index (χ2v) is 11.7. The molecular formula is C33H64O5. The van der Waals surface area contributed by atoms with Gasteiger partial charge in [0.2, 0.25) is 0 Å². The highest BCUT2D eigenvalue weighted by Crippen LogP contribution is 2.15. The molecule has 0 saturated carbocycles. The summed E-state index contributed by atoms with van der Waals surface area (Å²) in [5.41, 5.74) is 0. The zero-order valence-corrected chi connectivity index (χ0v) is 25.6. The molecule has 0 amide bonds. The summed E-state index contributed by atoms with van der Waals surface area (Å²) in [6.45, 7) is 6.44. The Morgan fingerprint density at radius 1 is 0.579 bits per heavy atom. The molecule has 5 nitrogen and oxygen atoms in total. The van der Waals surface area contributed by atoms with E-state index in [-0.39, 0.29) is 25.2 Å². The van der Waals surface area contributed by atoms with E-state index in [1.54, 1.807) is 0 Å². The Morgan fingerprint density at radius 2 is 0.974 bits per heavy atom. The van der Waals surface area contributed by atoms with Gasteiger partial charge in [0, 0.05) is 12.8 Å². The van der Waals surface area contributed by atoms with Crippen molar-refractivity contribution in [3.05, 3.63) is 0 Å². The molecule has 5 heteroatoms. The van der Waals surface area contributed by atoms with Crippen molar-refractivity contribution in [3.63, 3.8) is 0 Å². The zero-order chi connectivity index (χ0) is 28.1. The first-order valence-electron chi connectivity index (χ1n) is 16.5. The quantitative estimate of drug-likeness (QED) is 0.0755. The molecule has 1 N–H and O–H groups in total. The Balaban J connectivity index is 3.56. The molecule has 226 valence electrons. The van der Waals surface area contributed by atoms with E-state index in [0.717, 1.165) is 44.4 Å². The van der Waals surface area contributed by atoms with Gasteiger partial charge in [0.05, 0.1) is 6.61 Å². The van der Waals surface area contributed by atoms with E-state index in [0.29, 0.717) is 12.8 Å². The second-order valence-electron chi connectivity index (χ2n) is 11.7. The highest BCUT2D eigenvalue weighted by atomic mass is 16.6. The molecule has 0 aliphatic heterocycles. The largest absolute Gasteiger partial charge is 0.462 e. The van der Waals surface area contributed by atoms with E-state index < -0.39 is 6.10 Å². The van der Waals surface area contributed by atoms with Gasteiger partial charge in [-0.15, -0.1) is 0 Å². The van der Waals surface area contributed by atoms with E-state index in [1.165, 1.54) is 103 Å².